The number of hydrogen-bond acceptors (Lipinski definition) is 4. The van der Waals surface area contributed by atoms with Gasteiger partial charge in [-0.2, -0.15) is 5.10 Å². The van der Waals surface area contributed by atoms with Gasteiger partial charge in [0.1, 0.15) is 18.4 Å². The summed E-state index contributed by atoms with van der Waals surface area (Å²) in [7, 11) is 0. The molecule has 0 fully saturated rings. The average molecular weight is 424 g/mol. The van der Waals surface area contributed by atoms with Gasteiger partial charge in [-0.1, -0.05) is 65.7 Å². The van der Waals surface area contributed by atoms with E-state index in [4.69, 9.17) is 27.9 Å². The van der Waals surface area contributed by atoms with E-state index in [1.54, 1.807) is 12.1 Å². The predicted octanol–water partition coefficient (Wildman–Crippen LogP) is 5.71. The maximum Gasteiger partial charge on any atom is 0.256 e. The molecule has 1 unspecified atom stereocenters. The van der Waals surface area contributed by atoms with Crippen LogP contribution in [0.5, 0.6) is 5.75 Å². The van der Waals surface area contributed by atoms with Crippen molar-refractivity contribution in [1.29, 1.82) is 0 Å². The van der Waals surface area contributed by atoms with Gasteiger partial charge in [-0.3, -0.25) is 4.79 Å². The van der Waals surface area contributed by atoms with Crippen molar-refractivity contribution < 1.29 is 9.53 Å². The average Bonchev–Trinajstić information content (AvgIpc) is 3.27. The van der Waals surface area contributed by atoms with Crippen molar-refractivity contribution in [2.24, 2.45) is 0 Å². The van der Waals surface area contributed by atoms with Gasteiger partial charge >= 0.3 is 0 Å². The number of carbonyl (C=O) groups is 1. The van der Waals surface area contributed by atoms with E-state index in [1.807, 2.05) is 54.6 Å². The fourth-order valence-electron chi connectivity index (χ4n) is 2.87. The number of ether oxygens (including phenoxy) is 1. The fourth-order valence-corrected chi connectivity index (χ4v) is 3.38. The van der Waals surface area contributed by atoms with Gasteiger partial charge in [0.15, 0.2) is 0 Å². The van der Waals surface area contributed by atoms with Crippen LogP contribution in [0.4, 0.5) is 0 Å². The van der Waals surface area contributed by atoms with Crippen LogP contribution < -0.4 is 4.74 Å². The Kier molecular flexibility index (Phi) is 5.60. The topological polar surface area (TPSA) is 57.0 Å². The molecule has 1 heterocycles. The first kappa shape index (κ1) is 19.2. The molecule has 144 valence electrons. The van der Waals surface area contributed by atoms with Crippen LogP contribution in [0.2, 0.25) is 10.0 Å². The number of aromatic nitrogens is 3. The molecular weight excluding hydrogens is 409 g/mol. The molecule has 29 heavy (non-hydrogen) atoms. The molecule has 0 aliphatic heterocycles. The Morgan fingerprint density at radius 1 is 0.931 bits per heavy atom. The lowest BCUT2D eigenvalue weighted by atomic mass is 10.1. The summed E-state index contributed by atoms with van der Waals surface area (Å²) >= 11 is 12.2. The lowest BCUT2D eigenvalue weighted by Gasteiger charge is -2.19. The standard InChI is InChI=1S/C22H15Cl2N3O2/c23-17-8-11-19(20(24)12-17)21(28)22(27-14-25-13-26-27)29-18-9-6-16(7-10-18)15-4-2-1-3-5-15/h1-14,22H. The molecule has 0 radical (unpaired) electrons. The molecule has 5 nitrogen and oxygen atoms in total. The highest BCUT2D eigenvalue weighted by molar-refractivity contribution is 6.36. The Hall–Kier alpha value is -3.15. The number of halogens is 2. The molecule has 7 heteroatoms. The van der Waals surface area contributed by atoms with Crippen LogP contribution in [-0.2, 0) is 0 Å². The van der Waals surface area contributed by atoms with Gasteiger partial charge < -0.3 is 4.74 Å². The van der Waals surface area contributed by atoms with E-state index in [-0.39, 0.29) is 16.4 Å². The van der Waals surface area contributed by atoms with Gasteiger partial charge in [0.2, 0.25) is 5.78 Å². The SMILES string of the molecule is O=C(c1ccc(Cl)cc1Cl)C(Oc1ccc(-c2ccccc2)cc1)n1cncn1. The van der Waals surface area contributed by atoms with Crippen LogP contribution in [0.15, 0.2) is 85.5 Å². The minimum atomic E-state index is -1.06. The summed E-state index contributed by atoms with van der Waals surface area (Å²) in [5.74, 6) is 0.160. The number of nitrogens with zero attached hydrogens (tertiary/aromatic N) is 3. The number of carbonyl (C=O) groups excluding carboxylic acids is 1. The molecule has 0 aliphatic rings. The third-order valence-corrected chi connectivity index (χ3v) is 4.85. The summed E-state index contributed by atoms with van der Waals surface area (Å²) in [4.78, 5) is 17.0. The first-order valence-corrected chi connectivity index (χ1v) is 9.53. The molecule has 0 saturated carbocycles. The first-order valence-electron chi connectivity index (χ1n) is 8.77. The van der Waals surface area contributed by atoms with Crippen LogP contribution in [0.3, 0.4) is 0 Å². The molecule has 0 amide bonds. The van der Waals surface area contributed by atoms with Crippen LogP contribution >= 0.6 is 23.2 Å². The Morgan fingerprint density at radius 2 is 1.66 bits per heavy atom. The second-order valence-electron chi connectivity index (χ2n) is 6.22. The fraction of sp³-hybridized carbons (Fsp3) is 0.0455. The van der Waals surface area contributed by atoms with Crippen LogP contribution in [-0.4, -0.2) is 20.5 Å². The van der Waals surface area contributed by atoms with E-state index < -0.39 is 6.23 Å². The molecule has 1 atom stereocenters. The third-order valence-electron chi connectivity index (χ3n) is 4.31. The van der Waals surface area contributed by atoms with Crippen LogP contribution in [0.1, 0.15) is 16.6 Å². The summed E-state index contributed by atoms with van der Waals surface area (Å²) < 4.78 is 7.32. The number of ketones is 1. The minimum Gasteiger partial charge on any atom is -0.461 e. The molecule has 1 aromatic heterocycles. The number of benzene rings is 3. The van der Waals surface area contributed by atoms with E-state index in [0.717, 1.165) is 11.1 Å². The molecule has 0 bridgehead atoms. The third kappa shape index (κ3) is 4.31. The zero-order chi connectivity index (χ0) is 20.2. The predicted molar refractivity (Wildman–Crippen MR) is 112 cm³/mol. The first-order chi connectivity index (χ1) is 14.1. The van der Waals surface area contributed by atoms with E-state index >= 15 is 0 Å². The Labute approximate surface area is 177 Å². The van der Waals surface area contributed by atoms with E-state index in [0.29, 0.717) is 10.8 Å². The Bertz CT molecular complexity index is 1110. The molecule has 4 rings (SSSR count). The molecule has 0 spiro atoms. The minimum absolute atomic E-state index is 0.246. The number of rotatable bonds is 6. The molecule has 3 aromatic carbocycles. The summed E-state index contributed by atoms with van der Waals surface area (Å²) in [6, 6.07) is 22.2. The van der Waals surface area contributed by atoms with E-state index in [9.17, 15) is 4.79 Å². The van der Waals surface area contributed by atoms with Gasteiger partial charge in [0.25, 0.3) is 6.23 Å². The molecular formula is C22H15Cl2N3O2. The highest BCUT2D eigenvalue weighted by Crippen LogP contribution is 2.28. The van der Waals surface area contributed by atoms with Crippen LogP contribution in [0, 0.1) is 0 Å². The van der Waals surface area contributed by atoms with Gasteiger partial charge in [-0.15, -0.1) is 0 Å². The highest BCUT2D eigenvalue weighted by Gasteiger charge is 2.26. The largest absolute Gasteiger partial charge is 0.461 e. The van der Waals surface area contributed by atoms with Crippen molar-refractivity contribution >= 4 is 29.0 Å². The van der Waals surface area contributed by atoms with Gasteiger partial charge in [0, 0.05) is 10.6 Å². The molecule has 0 aliphatic carbocycles. The monoisotopic (exact) mass is 423 g/mol. The zero-order valence-electron chi connectivity index (χ0n) is 15.1. The zero-order valence-corrected chi connectivity index (χ0v) is 16.6. The quantitative estimate of drug-likeness (QED) is 0.372. The number of hydrogen-bond donors (Lipinski definition) is 0. The second kappa shape index (κ2) is 8.47. The highest BCUT2D eigenvalue weighted by atomic mass is 35.5. The Balaban J connectivity index is 1.62. The van der Waals surface area contributed by atoms with Crippen molar-refractivity contribution in [3.63, 3.8) is 0 Å². The van der Waals surface area contributed by atoms with Crippen molar-refractivity contribution in [3.05, 3.63) is 101 Å². The maximum absolute atomic E-state index is 13.1. The smallest absolute Gasteiger partial charge is 0.256 e. The van der Waals surface area contributed by atoms with Gasteiger partial charge in [0.05, 0.1) is 5.02 Å². The van der Waals surface area contributed by atoms with Crippen molar-refractivity contribution in [2.45, 2.75) is 6.23 Å². The lowest BCUT2D eigenvalue weighted by Crippen LogP contribution is -2.26. The van der Waals surface area contributed by atoms with Crippen molar-refractivity contribution in [3.8, 4) is 16.9 Å². The maximum atomic E-state index is 13.1. The van der Waals surface area contributed by atoms with Gasteiger partial charge in [-0.05, 0) is 41.5 Å². The normalized spacial score (nSPS) is 11.8. The summed E-state index contributed by atoms with van der Waals surface area (Å²) in [6.45, 7) is 0. The van der Waals surface area contributed by atoms with Crippen molar-refractivity contribution in [1.82, 2.24) is 14.8 Å². The summed E-state index contributed by atoms with van der Waals surface area (Å²) in [5.41, 5.74) is 2.43. The Morgan fingerprint density at radius 3 is 2.31 bits per heavy atom. The van der Waals surface area contributed by atoms with E-state index in [2.05, 4.69) is 10.1 Å². The van der Waals surface area contributed by atoms with Crippen LogP contribution in [0.25, 0.3) is 11.1 Å². The van der Waals surface area contributed by atoms with Gasteiger partial charge in [-0.25, -0.2) is 9.67 Å². The summed E-state index contributed by atoms with van der Waals surface area (Å²) in [5, 5.41) is 4.75. The van der Waals surface area contributed by atoms with Crippen molar-refractivity contribution in [2.75, 3.05) is 0 Å². The molecule has 4 aromatic rings. The molecule has 0 saturated heterocycles. The second-order valence-corrected chi connectivity index (χ2v) is 7.07. The van der Waals surface area contributed by atoms with E-state index in [1.165, 1.54) is 23.4 Å². The lowest BCUT2D eigenvalue weighted by molar-refractivity contribution is 0.0619. The number of Topliss-reactive ketones (excluding diaryl/α,β-unsaturated/α-hetero) is 1. The molecule has 0 N–H and O–H groups in total. The summed E-state index contributed by atoms with van der Waals surface area (Å²) in [6.07, 6.45) is 1.70.